The molecular weight excluding hydrogens is 266 g/mol. The molecule has 2 N–H and O–H groups in total. The number of anilines is 1. The molecule has 0 aliphatic carbocycles. The van der Waals surface area contributed by atoms with E-state index < -0.39 is 0 Å². The molecule has 0 aromatic heterocycles. The van der Waals surface area contributed by atoms with Gasteiger partial charge < -0.3 is 15.4 Å². The van der Waals surface area contributed by atoms with Crippen molar-refractivity contribution < 1.29 is 9.53 Å². The molecule has 1 fully saturated rings. The molecule has 1 aliphatic rings. The summed E-state index contributed by atoms with van der Waals surface area (Å²) in [4.78, 5) is 11.7. The van der Waals surface area contributed by atoms with Crippen molar-refractivity contribution in [3.8, 4) is 6.07 Å². The van der Waals surface area contributed by atoms with Gasteiger partial charge in [-0.2, -0.15) is 5.26 Å². The molecule has 0 radical (unpaired) electrons. The van der Waals surface area contributed by atoms with E-state index in [4.69, 9.17) is 10.00 Å². The van der Waals surface area contributed by atoms with E-state index in [1.54, 1.807) is 24.3 Å². The first-order chi connectivity index (χ1) is 10.3. The summed E-state index contributed by atoms with van der Waals surface area (Å²) in [6, 6.07) is 9.31. The zero-order chi connectivity index (χ0) is 14.9. The molecular formula is C16H21N3O2. The number of rotatable bonds is 5. The molecule has 5 nitrogen and oxygen atoms in total. The van der Waals surface area contributed by atoms with Crippen molar-refractivity contribution in [3.63, 3.8) is 0 Å². The van der Waals surface area contributed by atoms with Gasteiger partial charge in [0.05, 0.1) is 11.6 Å². The highest BCUT2D eigenvalue weighted by atomic mass is 16.5. The van der Waals surface area contributed by atoms with Gasteiger partial charge >= 0.3 is 5.97 Å². The van der Waals surface area contributed by atoms with Gasteiger partial charge in [0, 0.05) is 11.7 Å². The first kappa shape index (κ1) is 15.3. The lowest BCUT2D eigenvalue weighted by atomic mass is 10.1. The second kappa shape index (κ2) is 8.28. The van der Waals surface area contributed by atoms with E-state index in [9.17, 15) is 4.79 Å². The van der Waals surface area contributed by atoms with Crippen LogP contribution in [-0.4, -0.2) is 31.7 Å². The van der Waals surface area contributed by atoms with Crippen LogP contribution in [0.3, 0.4) is 0 Å². The average Bonchev–Trinajstić information content (AvgIpc) is 2.80. The fraction of sp³-hybridized carbons (Fsp3) is 0.500. The van der Waals surface area contributed by atoms with Gasteiger partial charge in [0.25, 0.3) is 0 Å². The Labute approximate surface area is 125 Å². The molecule has 0 saturated carbocycles. The predicted octanol–water partition coefficient (Wildman–Crippen LogP) is 2.05. The second-order valence-electron chi connectivity index (χ2n) is 5.23. The van der Waals surface area contributed by atoms with Crippen LogP contribution in [0.2, 0.25) is 0 Å². The van der Waals surface area contributed by atoms with Crippen LogP contribution in [0.1, 0.15) is 31.2 Å². The lowest BCUT2D eigenvalue weighted by Gasteiger charge is -2.16. The van der Waals surface area contributed by atoms with E-state index in [-0.39, 0.29) is 18.6 Å². The second-order valence-corrected chi connectivity index (χ2v) is 5.23. The van der Waals surface area contributed by atoms with E-state index in [0.717, 1.165) is 18.7 Å². The SMILES string of the molecule is N#Cc1ccc(NCC(=O)OCC2CCCCCN2)cc1. The van der Waals surface area contributed by atoms with Crippen LogP contribution in [0.4, 0.5) is 5.69 Å². The minimum atomic E-state index is -0.259. The standard InChI is InChI=1S/C16H21N3O2/c17-10-13-5-7-14(8-6-13)19-11-16(20)21-12-15-4-2-1-3-9-18-15/h5-8,15,18-19H,1-4,9,11-12H2. The summed E-state index contributed by atoms with van der Waals surface area (Å²) < 4.78 is 5.29. The smallest absolute Gasteiger partial charge is 0.325 e. The van der Waals surface area contributed by atoms with Crippen molar-refractivity contribution in [2.24, 2.45) is 0 Å². The minimum absolute atomic E-state index is 0.138. The maximum absolute atomic E-state index is 11.7. The maximum Gasteiger partial charge on any atom is 0.325 e. The van der Waals surface area contributed by atoms with E-state index in [2.05, 4.69) is 16.7 Å². The summed E-state index contributed by atoms with van der Waals surface area (Å²) in [6.45, 7) is 1.58. The largest absolute Gasteiger partial charge is 0.463 e. The molecule has 1 saturated heterocycles. The monoisotopic (exact) mass is 287 g/mol. The molecule has 5 heteroatoms. The summed E-state index contributed by atoms with van der Waals surface area (Å²) in [7, 11) is 0. The third kappa shape index (κ3) is 5.44. The van der Waals surface area contributed by atoms with E-state index in [0.29, 0.717) is 12.2 Å². The Kier molecular flexibility index (Phi) is 6.04. The van der Waals surface area contributed by atoms with Gasteiger partial charge in [-0.05, 0) is 43.7 Å². The molecule has 1 heterocycles. The number of carbonyl (C=O) groups is 1. The zero-order valence-electron chi connectivity index (χ0n) is 12.1. The maximum atomic E-state index is 11.7. The Morgan fingerprint density at radius 3 is 2.90 bits per heavy atom. The van der Waals surface area contributed by atoms with Crippen molar-refractivity contribution >= 4 is 11.7 Å². The zero-order valence-corrected chi connectivity index (χ0v) is 12.1. The molecule has 2 rings (SSSR count). The number of carbonyl (C=O) groups excluding carboxylic acids is 1. The minimum Gasteiger partial charge on any atom is -0.463 e. The highest BCUT2D eigenvalue weighted by Crippen LogP contribution is 2.10. The Morgan fingerprint density at radius 2 is 2.14 bits per heavy atom. The third-order valence-electron chi connectivity index (χ3n) is 3.56. The molecule has 1 aliphatic heterocycles. The summed E-state index contributed by atoms with van der Waals surface area (Å²) in [6.07, 6.45) is 4.71. The average molecular weight is 287 g/mol. The molecule has 1 unspecified atom stereocenters. The van der Waals surface area contributed by atoms with Gasteiger partial charge in [-0.3, -0.25) is 4.79 Å². The van der Waals surface area contributed by atoms with Crippen molar-refractivity contribution in [1.29, 1.82) is 5.26 Å². The molecule has 0 spiro atoms. The molecule has 1 atom stereocenters. The molecule has 0 bridgehead atoms. The Bertz CT molecular complexity index is 485. The van der Waals surface area contributed by atoms with Crippen molar-refractivity contribution in [1.82, 2.24) is 5.32 Å². The van der Waals surface area contributed by atoms with Crippen LogP contribution in [0.25, 0.3) is 0 Å². The highest BCUT2D eigenvalue weighted by Gasteiger charge is 2.13. The van der Waals surface area contributed by atoms with Gasteiger partial charge in [-0.25, -0.2) is 0 Å². The number of hydrogen-bond acceptors (Lipinski definition) is 5. The van der Waals surface area contributed by atoms with Crippen LogP contribution < -0.4 is 10.6 Å². The number of esters is 1. The normalized spacial score (nSPS) is 18.3. The van der Waals surface area contributed by atoms with Crippen molar-refractivity contribution in [2.75, 3.05) is 25.0 Å². The van der Waals surface area contributed by atoms with Crippen LogP contribution in [0.15, 0.2) is 24.3 Å². The summed E-state index contributed by atoms with van der Waals surface area (Å²) in [5.41, 5.74) is 1.40. The van der Waals surface area contributed by atoms with E-state index in [1.807, 2.05) is 0 Å². The van der Waals surface area contributed by atoms with E-state index >= 15 is 0 Å². The Morgan fingerprint density at radius 1 is 1.33 bits per heavy atom. The van der Waals surface area contributed by atoms with Crippen LogP contribution in [-0.2, 0) is 9.53 Å². The van der Waals surface area contributed by atoms with Crippen molar-refractivity contribution in [3.05, 3.63) is 29.8 Å². The molecule has 1 aromatic carbocycles. The van der Waals surface area contributed by atoms with Crippen LogP contribution >= 0.6 is 0 Å². The summed E-state index contributed by atoms with van der Waals surface area (Å²) in [5.74, 6) is -0.259. The summed E-state index contributed by atoms with van der Waals surface area (Å²) in [5, 5.41) is 15.1. The molecule has 21 heavy (non-hydrogen) atoms. The van der Waals surface area contributed by atoms with Gasteiger partial charge in [-0.15, -0.1) is 0 Å². The molecule has 1 aromatic rings. The Balaban J connectivity index is 1.68. The number of nitriles is 1. The van der Waals surface area contributed by atoms with Crippen LogP contribution in [0.5, 0.6) is 0 Å². The van der Waals surface area contributed by atoms with Crippen molar-refractivity contribution in [2.45, 2.75) is 31.7 Å². The topological polar surface area (TPSA) is 74.2 Å². The lowest BCUT2D eigenvalue weighted by Crippen LogP contribution is -2.34. The predicted molar refractivity (Wildman–Crippen MR) is 80.9 cm³/mol. The number of nitrogens with zero attached hydrogens (tertiary/aromatic N) is 1. The fourth-order valence-corrected chi connectivity index (χ4v) is 2.32. The van der Waals surface area contributed by atoms with E-state index in [1.165, 1.54) is 19.3 Å². The number of benzene rings is 1. The van der Waals surface area contributed by atoms with Gasteiger partial charge in [0.15, 0.2) is 0 Å². The molecule has 0 amide bonds. The third-order valence-corrected chi connectivity index (χ3v) is 3.56. The fourth-order valence-electron chi connectivity index (χ4n) is 2.32. The first-order valence-electron chi connectivity index (χ1n) is 7.41. The summed E-state index contributed by atoms with van der Waals surface area (Å²) >= 11 is 0. The van der Waals surface area contributed by atoms with Crippen LogP contribution in [0, 0.1) is 11.3 Å². The lowest BCUT2D eigenvalue weighted by molar-refractivity contribution is -0.142. The quantitative estimate of drug-likeness (QED) is 0.811. The number of nitrogens with one attached hydrogen (secondary N) is 2. The van der Waals surface area contributed by atoms with Gasteiger partial charge in [0.2, 0.25) is 0 Å². The highest BCUT2D eigenvalue weighted by molar-refractivity contribution is 5.75. The number of hydrogen-bond donors (Lipinski definition) is 2. The van der Waals surface area contributed by atoms with Gasteiger partial charge in [0.1, 0.15) is 13.2 Å². The van der Waals surface area contributed by atoms with Gasteiger partial charge in [-0.1, -0.05) is 12.8 Å². The first-order valence-corrected chi connectivity index (χ1v) is 7.41. The number of ether oxygens (including phenoxy) is 1. The molecule has 112 valence electrons. The Hall–Kier alpha value is -2.06.